The van der Waals surface area contributed by atoms with Gasteiger partial charge >= 0.3 is 0 Å². The lowest BCUT2D eigenvalue weighted by molar-refractivity contribution is -0.118. The largest absolute Gasteiger partial charge is 0.378 e. The molecule has 180 valence electrons. The van der Waals surface area contributed by atoms with Crippen LogP contribution in [0.3, 0.4) is 0 Å². The van der Waals surface area contributed by atoms with Crippen molar-refractivity contribution in [2.45, 2.75) is 18.1 Å². The number of hydrogen-bond donors (Lipinski definition) is 1. The summed E-state index contributed by atoms with van der Waals surface area (Å²) in [5.74, 6) is 1.03. The summed E-state index contributed by atoms with van der Waals surface area (Å²) in [4.78, 5) is 17.1. The van der Waals surface area contributed by atoms with Gasteiger partial charge in [-0.3, -0.25) is 9.36 Å². The number of amides is 1. The Hall–Kier alpha value is -2.88. The Labute approximate surface area is 205 Å². The van der Waals surface area contributed by atoms with Crippen molar-refractivity contribution in [1.29, 1.82) is 0 Å². The minimum absolute atomic E-state index is 0.0277. The van der Waals surface area contributed by atoms with Gasteiger partial charge < -0.3 is 19.9 Å². The van der Waals surface area contributed by atoms with E-state index in [1.54, 1.807) is 0 Å². The zero-order valence-electron chi connectivity index (χ0n) is 20.0. The quantitative estimate of drug-likeness (QED) is 0.472. The fourth-order valence-corrected chi connectivity index (χ4v) is 4.78. The van der Waals surface area contributed by atoms with Gasteiger partial charge in [0, 0.05) is 19.6 Å². The van der Waals surface area contributed by atoms with Crippen LogP contribution in [0.1, 0.15) is 17.2 Å². The number of thioether (sulfide) groups is 1. The van der Waals surface area contributed by atoms with Gasteiger partial charge in [-0.15, -0.1) is 10.2 Å². The lowest BCUT2D eigenvalue weighted by atomic mass is 10.1. The zero-order valence-corrected chi connectivity index (χ0v) is 20.8. The molecule has 2 heterocycles. The van der Waals surface area contributed by atoms with E-state index in [1.165, 1.54) is 17.3 Å². The average Bonchev–Trinajstić information content (AvgIpc) is 3.28. The third-order valence-corrected chi connectivity index (χ3v) is 6.83. The molecule has 9 heteroatoms. The van der Waals surface area contributed by atoms with Crippen molar-refractivity contribution < 1.29 is 9.53 Å². The van der Waals surface area contributed by atoms with Crippen LogP contribution in [0.15, 0.2) is 59.8 Å². The molecule has 0 saturated carbocycles. The smallest absolute Gasteiger partial charge is 0.232 e. The predicted octanol–water partition coefficient (Wildman–Crippen LogP) is 2.92. The van der Waals surface area contributed by atoms with Crippen molar-refractivity contribution in [3.05, 3.63) is 65.7 Å². The molecule has 1 fully saturated rings. The van der Waals surface area contributed by atoms with Crippen LogP contribution in [0.4, 0.5) is 5.95 Å². The Morgan fingerprint density at radius 1 is 1.09 bits per heavy atom. The van der Waals surface area contributed by atoms with Crippen molar-refractivity contribution in [3.8, 4) is 5.69 Å². The number of ether oxygens (including phenoxy) is 1. The first-order chi connectivity index (χ1) is 16.5. The van der Waals surface area contributed by atoms with Crippen LogP contribution in [0, 0.1) is 6.92 Å². The first-order valence-corrected chi connectivity index (χ1v) is 12.5. The average molecular weight is 481 g/mol. The van der Waals surface area contributed by atoms with Crippen LogP contribution in [-0.2, 0) is 9.53 Å². The van der Waals surface area contributed by atoms with Gasteiger partial charge in [0.2, 0.25) is 11.9 Å². The SMILES string of the molecule is Cc1ccccc1-n1c(SCC(=O)NCC(c2ccccc2)N(C)C)nnc1N1CCOCC1. The van der Waals surface area contributed by atoms with Crippen molar-refractivity contribution in [1.82, 2.24) is 25.0 Å². The van der Waals surface area contributed by atoms with Crippen molar-refractivity contribution >= 4 is 23.6 Å². The standard InChI is InChI=1S/C25H32N6O2S/c1-19-9-7-8-12-21(19)31-24(30-13-15-33-16-14-30)27-28-25(31)34-18-23(32)26-17-22(29(2)3)20-10-5-4-6-11-20/h4-12,22H,13-18H2,1-3H3,(H,26,32). The number of carbonyl (C=O) groups excluding carboxylic acids is 1. The number of likely N-dealkylation sites (N-methyl/N-ethyl adjacent to an activating group) is 1. The second kappa shape index (κ2) is 11.5. The van der Waals surface area contributed by atoms with Crippen LogP contribution in [0.25, 0.3) is 5.69 Å². The van der Waals surface area contributed by atoms with Crippen LogP contribution in [0.5, 0.6) is 0 Å². The van der Waals surface area contributed by atoms with E-state index in [2.05, 4.69) is 61.1 Å². The summed E-state index contributed by atoms with van der Waals surface area (Å²) in [6.45, 7) is 5.48. The first-order valence-electron chi connectivity index (χ1n) is 11.5. The van der Waals surface area contributed by atoms with Crippen LogP contribution in [0.2, 0.25) is 0 Å². The van der Waals surface area contributed by atoms with Gasteiger partial charge in [-0.1, -0.05) is 60.3 Å². The maximum atomic E-state index is 12.8. The fraction of sp³-hybridized carbons (Fsp3) is 0.400. The number of hydrogen-bond acceptors (Lipinski definition) is 7. The molecule has 3 aromatic rings. The molecule has 2 aromatic carbocycles. The van der Waals surface area contributed by atoms with Crippen LogP contribution in [-0.4, -0.2) is 78.3 Å². The van der Waals surface area contributed by atoms with Crippen molar-refractivity contribution in [3.63, 3.8) is 0 Å². The Balaban J connectivity index is 1.46. The molecule has 1 N–H and O–H groups in total. The molecular weight excluding hydrogens is 448 g/mol. The second-order valence-corrected chi connectivity index (χ2v) is 9.43. The van der Waals surface area contributed by atoms with Crippen LogP contribution < -0.4 is 10.2 Å². The summed E-state index contributed by atoms with van der Waals surface area (Å²) in [6.07, 6.45) is 0. The predicted molar refractivity (Wildman–Crippen MR) is 136 cm³/mol. The maximum Gasteiger partial charge on any atom is 0.232 e. The Morgan fingerprint density at radius 2 is 1.79 bits per heavy atom. The summed E-state index contributed by atoms with van der Waals surface area (Å²) < 4.78 is 7.57. The monoisotopic (exact) mass is 480 g/mol. The van der Waals surface area contributed by atoms with Crippen molar-refractivity contribution in [2.24, 2.45) is 0 Å². The Bertz CT molecular complexity index is 1080. The summed E-state index contributed by atoms with van der Waals surface area (Å²) in [7, 11) is 4.05. The molecule has 0 aliphatic carbocycles. The van der Waals surface area contributed by atoms with Gasteiger partial charge in [0.15, 0.2) is 5.16 Å². The number of benzene rings is 2. The molecule has 0 radical (unpaired) electrons. The Morgan fingerprint density at radius 3 is 2.50 bits per heavy atom. The lowest BCUT2D eigenvalue weighted by Crippen LogP contribution is -2.38. The number of aromatic nitrogens is 3. The van der Waals surface area contributed by atoms with E-state index in [0.29, 0.717) is 24.9 Å². The molecule has 1 aliphatic rings. The van der Waals surface area contributed by atoms with Crippen molar-refractivity contribution in [2.75, 3.05) is 57.6 Å². The summed E-state index contributed by atoms with van der Waals surface area (Å²) >= 11 is 1.41. The zero-order chi connectivity index (χ0) is 23.9. The first kappa shape index (κ1) is 24.3. The van der Waals surface area contributed by atoms with E-state index < -0.39 is 0 Å². The van der Waals surface area contributed by atoms with Gasteiger partial charge in [0.25, 0.3) is 0 Å². The summed E-state index contributed by atoms with van der Waals surface area (Å²) in [5, 5.41) is 12.7. The highest BCUT2D eigenvalue weighted by molar-refractivity contribution is 7.99. The second-order valence-electron chi connectivity index (χ2n) is 8.49. The number of carbonyl (C=O) groups is 1. The summed E-state index contributed by atoms with van der Waals surface area (Å²) in [6, 6.07) is 18.5. The normalized spacial score (nSPS) is 14.9. The minimum Gasteiger partial charge on any atom is -0.378 e. The highest BCUT2D eigenvalue weighted by Gasteiger charge is 2.23. The third-order valence-electron chi connectivity index (χ3n) is 5.90. The maximum absolute atomic E-state index is 12.8. The summed E-state index contributed by atoms with van der Waals surface area (Å²) in [5.41, 5.74) is 3.32. The topological polar surface area (TPSA) is 75.5 Å². The number of morpholine rings is 1. The molecule has 1 atom stereocenters. The molecule has 4 rings (SSSR count). The molecule has 1 aliphatic heterocycles. The molecule has 34 heavy (non-hydrogen) atoms. The number of para-hydroxylation sites is 1. The molecule has 1 aromatic heterocycles. The number of rotatable bonds is 9. The van der Waals surface area contributed by atoms with Gasteiger partial charge in [-0.05, 0) is 38.2 Å². The van der Waals surface area contributed by atoms with Gasteiger partial charge in [-0.25, -0.2) is 0 Å². The van der Waals surface area contributed by atoms with Gasteiger partial charge in [0.05, 0.1) is 30.7 Å². The van der Waals surface area contributed by atoms with Crippen LogP contribution >= 0.6 is 11.8 Å². The highest BCUT2D eigenvalue weighted by atomic mass is 32.2. The molecule has 1 unspecified atom stereocenters. The molecule has 1 saturated heterocycles. The number of aryl methyl sites for hydroxylation is 1. The molecule has 0 bridgehead atoms. The van der Waals surface area contributed by atoms with E-state index in [9.17, 15) is 4.79 Å². The van der Waals surface area contributed by atoms with E-state index >= 15 is 0 Å². The molecular formula is C25H32N6O2S. The van der Waals surface area contributed by atoms with E-state index in [1.807, 2.05) is 44.4 Å². The molecule has 8 nitrogen and oxygen atoms in total. The number of nitrogens with one attached hydrogen (secondary N) is 1. The highest BCUT2D eigenvalue weighted by Crippen LogP contribution is 2.28. The minimum atomic E-state index is -0.0277. The van der Waals surface area contributed by atoms with E-state index in [4.69, 9.17) is 4.74 Å². The molecule has 1 amide bonds. The van der Waals surface area contributed by atoms with E-state index in [0.717, 1.165) is 30.3 Å². The van der Waals surface area contributed by atoms with E-state index in [-0.39, 0.29) is 17.7 Å². The van der Waals surface area contributed by atoms with Gasteiger partial charge in [0.1, 0.15) is 0 Å². The number of anilines is 1. The number of nitrogens with zero attached hydrogens (tertiary/aromatic N) is 5. The lowest BCUT2D eigenvalue weighted by Gasteiger charge is -2.28. The van der Waals surface area contributed by atoms with Gasteiger partial charge in [-0.2, -0.15) is 0 Å². The molecule has 0 spiro atoms. The Kier molecular flexibility index (Phi) is 8.21. The fourth-order valence-electron chi connectivity index (χ4n) is 4.01. The third kappa shape index (κ3) is 5.78.